The van der Waals surface area contributed by atoms with Crippen molar-refractivity contribution in [2.45, 2.75) is 20.3 Å². The molecule has 0 atom stereocenters. The van der Waals surface area contributed by atoms with Crippen LogP contribution in [0.4, 0.5) is 0 Å². The SMILES string of the molecule is COc1cc(OC)c(C2=CCN(C(=O)c3ccc(-n4nc(C)c(Cl)c4C)cc3)CC2)c(OC)c1. The van der Waals surface area contributed by atoms with E-state index in [2.05, 4.69) is 11.2 Å². The summed E-state index contributed by atoms with van der Waals surface area (Å²) in [6.45, 7) is 4.89. The van der Waals surface area contributed by atoms with E-state index < -0.39 is 0 Å². The molecule has 1 aliphatic rings. The molecular weight excluding hydrogens is 454 g/mol. The number of carbonyl (C=O) groups is 1. The number of aromatic nitrogens is 2. The Morgan fingerprint density at radius 2 is 1.65 bits per heavy atom. The van der Waals surface area contributed by atoms with Crippen LogP contribution in [-0.4, -0.2) is 55.0 Å². The lowest BCUT2D eigenvalue weighted by Crippen LogP contribution is -2.34. The summed E-state index contributed by atoms with van der Waals surface area (Å²) in [5.74, 6) is 2.02. The minimum atomic E-state index is -0.0121. The molecule has 0 saturated carbocycles. The van der Waals surface area contributed by atoms with Crippen molar-refractivity contribution in [1.82, 2.24) is 14.7 Å². The molecule has 178 valence electrons. The number of ether oxygens (including phenoxy) is 3. The minimum absolute atomic E-state index is 0.0121. The average Bonchev–Trinajstić information content (AvgIpc) is 3.14. The van der Waals surface area contributed by atoms with Gasteiger partial charge in [-0.15, -0.1) is 0 Å². The van der Waals surface area contributed by atoms with E-state index >= 15 is 0 Å². The van der Waals surface area contributed by atoms with Crippen molar-refractivity contribution in [1.29, 1.82) is 0 Å². The molecule has 0 aliphatic carbocycles. The van der Waals surface area contributed by atoms with Crippen LogP contribution < -0.4 is 14.2 Å². The highest BCUT2D eigenvalue weighted by atomic mass is 35.5. The van der Waals surface area contributed by atoms with E-state index in [4.69, 9.17) is 25.8 Å². The third-order valence-electron chi connectivity index (χ3n) is 6.09. The van der Waals surface area contributed by atoms with Crippen LogP contribution in [0.25, 0.3) is 11.3 Å². The Kier molecular flexibility index (Phi) is 6.84. The smallest absolute Gasteiger partial charge is 0.254 e. The van der Waals surface area contributed by atoms with Gasteiger partial charge in [-0.05, 0) is 50.1 Å². The summed E-state index contributed by atoms with van der Waals surface area (Å²) in [5.41, 5.74) is 5.12. The first kappa shape index (κ1) is 23.7. The van der Waals surface area contributed by atoms with Crippen LogP contribution >= 0.6 is 11.6 Å². The maximum absolute atomic E-state index is 13.1. The Balaban J connectivity index is 1.53. The number of methoxy groups -OCH3 is 3. The summed E-state index contributed by atoms with van der Waals surface area (Å²) in [6.07, 6.45) is 2.74. The van der Waals surface area contributed by atoms with Gasteiger partial charge in [0.1, 0.15) is 17.2 Å². The average molecular weight is 482 g/mol. The molecular formula is C26H28ClN3O4. The first-order chi connectivity index (χ1) is 16.4. The summed E-state index contributed by atoms with van der Waals surface area (Å²) in [6, 6.07) is 11.1. The maximum atomic E-state index is 13.1. The first-order valence-electron chi connectivity index (χ1n) is 11.0. The van der Waals surface area contributed by atoms with Gasteiger partial charge in [-0.3, -0.25) is 4.79 Å². The topological polar surface area (TPSA) is 65.8 Å². The molecule has 0 saturated heterocycles. The fraction of sp³-hybridized carbons (Fsp3) is 0.308. The summed E-state index contributed by atoms with van der Waals surface area (Å²) >= 11 is 6.27. The minimum Gasteiger partial charge on any atom is -0.496 e. The molecule has 34 heavy (non-hydrogen) atoms. The number of rotatable bonds is 6. The molecule has 0 spiro atoms. The lowest BCUT2D eigenvalue weighted by atomic mass is 9.96. The van der Waals surface area contributed by atoms with Crippen LogP contribution in [0.5, 0.6) is 17.2 Å². The van der Waals surface area contributed by atoms with E-state index in [1.54, 1.807) is 26.0 Å². The fourth-order valence-corrected chi connectivity index (χ4v) is 4.32. The molecule has 4 rings (SSSR count). The van der Waals surface area contributed by atoms with Gasteiger partial charge in [0.2, 0.25) is 0 Å². The molecule has 2 heterocycles. The van der Waals surface area contributed by atoms with E-state index in [-0.39, 0.29) is 5.91 Å². The van der Waals surface area contributed by atoms with Gasteiger partial charge in [0.25, 0.3) is 5.91 Å². The Morgan fingerprint density at radius 3 is 2.12 bits per heavy atom. The molecule has 1 aromatic heterocycles. The summed E-state index contributed by atoms with van der Waals surface area (Å²) in [5, 5.41) is 5.13. The molecule has 0 bridgehead atoms. The second kappa shape index (κ2) is 9.81. The highest BCUT2D eigenvalue weighted by Crippen LogP contribution is 2.41. The number of amides is 1. The van der Waals surface area contributed by atoms with Crippen molar-refractivity contribution < 1.29 is 19.0 Å². The zero-order chi connectivity index (χ0) is 24.4. The zero-order valence-corrected chi connectivity index (χ0v) is 20.8. The van der Waals surface area contributed by atoms with Gasteiger partial charge in [-0.2, -0.15) is 5.10 Å². The standard InChI is InChI=1S/C26H28ClN3O4/c1-16-25(27)17(2)30(28-16)20-8-6-19(7-9-20)26(31)29-12-10-18(11-13-29)24-22(33-4)14-21(32-3)15-23(24)34-5/h6-10,14-15H,11-13H2,1-5H3. The fourth-order valence-electron chi connectivity index (χ4n) is 4.21. The van der Waals surface area contributed by atoms with Crippen LogP contribution in [-0.2, 0) is 0 Å². The predicted octanol–water partition coefficient (Wildman–Crippen LogP) is 5.10. The number of halogens is 1. The van der Waals surface area contributed by atoms with Crippen molar-refractivity contribution in [3.8, 4) is 22.9 Å². The number of nitrogens with zero attached hydrogens (tertiary/aromatic N) is 3. The van der Waals surface area contributed by atoms with Gasteiger partial charge in [0, 0.05) is 30.8 Å². The molecule has 7 nitrogen and oxygen atoms in total. The quantitative estimate of drug-likeness (QED) is 0.490. The second-order valence-corrected chi connectivity index (χ2v) is 8.46. The van der Waals surface area contributed by atoms with E-state index in [1.165, 1.54) is 0 Å². The van der Waals surface area contributed by atoms with Crippen LogP contribution in [0.2, 0.25) is 5.02 Å². The normalized spacial score (nSPS) is 13.5. The molecule has 0 radical (unpaired) electrons. The highest BCUT2D eigenvalue weighted by molar-refractivity contribution is 6.31. The lowest BCUT2D eigenvalue weighted by molar-refractivity contribution is 0.0773. The Bertz CT molecular complexity index is 1220. The Morgan fingerprint density at radius 1 is 1.00 bits per heavy atom. The van der Waals surface area contributed by atoms with Gasteiger partial charge in [0.05, 0.1) is 49.0 Å². The van der Waals surface area contributed by atoms with Gasteiger partial charge in [-0.1, -0.05) is 17.7 Å². The number of aryl methyl sites for hydroxylation is 1. The van der Waals surface area contributed by atoms with Crippen LogP contribution in [0.1, 0.15) is 33.7 Å². The van der Waals surface area contributed by atoms with Gasteiger partial charge in [0.15, 0.2) is 0 Å². The summed E-state index contributed by atoms with van der Waals surface area (Å²) in [4.78, 5) is 15.0. The predicted molar refractivity (Wildman–Crippen MR) is 133 cm³/mol. The van der Waals surface area contributed by atoms with Crippen molar-refractivity contribution in [2.75, 3.05) is 34.4 Å². The number of hydrogen-bond acceptors (Lipinski definition) is 5. The van der Waals surface area contributed by atoms with Crippen molar-refractivity contribution in [3.05, 3.63) is 70.0 Å². The number of hydrogen-bond donors (Lipinski definition) is 0. The zero-order valence-electron chi connectivity index (χ0n) is 20.0. The molecule has 1 aliphatic heterocycles. The molecule has 0 unspecified atom stereocenters. The lowest BCUT2D eigenvalue weighted by Gasteiger charge is -2.28. The summed E-state index contributed by atoms with van der Waals surface area (Å²) in [7, 11) is 4.86. The largest absolute Gasteiger partial charge is 0.496 e. The van der Waals surface area contributed by atoms with Crippen molar-refractivity contribution in [2.24, 2.45) is 0 Å². The van der Waals surface area contributed by atoms with Crippen LogP contribution in [0.3, 0.4) is 0 Å². The van der Waals surface area contributed by atoms with Gasteiger partial charge in [-0.25, -0.2) is 4.68 Å². The van der Waals surface area contributed by atoms with Crippen LogP contribution in [0.15, 0.2) is 42.5 Å². The molecule has 0 N–H and O–H groups in total. The van der Waals surface area contributed by atoms with Crippen molar-refractivity contribution in [3.63, 3.8) is 0 Å². The van der Waals surface area contributed by atoms with Crippen molar-refractivity contribution >= 4 is 23.1 Å². The molecule has 2 aromatic carbocycles. The van der Waals surface area contributed by atoms with E-state index in [0.29, 0.717) is 47.3 Å². The van der Waals surface area contributed by atoms with E-state index in [0.717, 1.165) is 28.2 Å². The molecule has 8 heteroatoms. The highest BCUT2D eigenvalue weighted by Gasteiger charge is 2.24. The van der Waals surface area contributed by atoms with Gasteiger partial charge < -0.3 is 19.1 Å². The first-order valence-corrected chi connectivity index (χ1v) is 11.4. The van der Waals surface area contributed by atoms with Crippen LogP contribution in [0, 0.1) is 13.8 Å². The Labute approximate surface area is 204 Å². The van der Waals surface area contributed by atoms with E-state index in [9.17, 15) is 4.79 Å². The van der Waals surface area contributed by atoms with E-state index in [1.807, 2.05) is 55.1 Å². The van der Waals surface area contributed by atoms with Gasteiger partial charge >= 0.3 is 0 Å². The third kappa shape index (κ3) is 4.35. The molecule has 0 fully saturated rings. The number of benzene rings is 2. The number of carbonyl (C=O) groups excluding carboxylic acids is 1. The maximum Gasteiger partial charge on any atom is 0.254 e. The summed E-state index contributed by atoms with van der Waals surface area (Å²) < 4.78 is 18.3. The monoisotopic (exact) mass is 481 g/mol. The second-order valence-electron chi connectivity index (χ2n) is 8.08. The molecule has 1 amide bonds. The third-order valence-corrected chi connectivity index (χ3v) is 6.64. The Hall–Kier alpha value is -3.45. The molecule has 3 aromatic rings.